The van der Waals surface area contributed by atoms with Gasteiger partial charge in [-0.1, -0.05) is 38.5 Å². The third-order valence-corrected chi connectivity index (χ3v) is 7.83. The van der Waals surface area contributed by atoms with E-state index >= 15 is 0 Å². The molecule has 3 aliphatic carbocycles. The summed E-state index contributed by atoms with van der Waals surface area (Å²) >= 11 is 0. The summed E-state index contributed by atoms with van der Waals surface area (Å²) in [6.45, 7) is 9.21. The quantitative estimate of drug-likeness (QED) is 0.692. The molecule has 0 amide bonds. The van der Waals surface area contributed by atoms with Crippen molar-refractivity contribution in [3.05, 3.63) is 41.5 Å². The van der Waals surface area contributed by atoms with Gasteiger partial charge in [0.1, 0.15) is 5.75 Å². The first-order chi connectivity index (χ1) is 12.0. The minimum Gasteiger partial charge on any atom is -0.508 e. The van der Waals surface area contributed by atoms with Crippen molar-refractivity contribution in [2.24, 2.45) is 23.2 Å². The summed E-state index contributed by atoms with van der Waals surface area (Å²) in [5.41, 5.74) is 4.09. The van der Waals surface area contributed by atoms with E-state index in [9.17, 15) is 10.2 Å². The Labute approximate surface area is 152 Å². The lowest BCUT2D eigenvalue weighted by Gasteiger charge is -2.52. The van der Waals surface area contributed by atoms with Gasteiger partial charge in [0.2, 0.25) is 0 Å². The number of hydrogen-bond donors (Lipinski definition) is 2. The summed E-state index contributed by atoms with van der Waals surface area (Å²) in [7, 11) is 0. The van der Waals surface area contributed by atoms with Crippen LogP contribution in [0.2, 0.25) is 0 Å². The molecule has 0 bridgehead atoms. The molecule has 2 N–H and O–H groups in total. The van der Waals surface area contributed by atoms with Gasteiger partial charge in [-0.3, -0.25) is 0 Å². The van der Waals surface area contributed by atoms with Crippen LogP contribution in [0.4, 0.5) is 0 Å². The number of phenols is 1. The minimum absolute atomic E-state index is 0.272. The average Bonchev–Trinajstić information content (AvgIpc) is 2.93. The predicted octanol–water partition coefficient (Wildman–Crippen LogP) is 5.71. The lowest BCUT2D eigenvalue weighted by Crippen LogP contribution is -2.43. The predicted molar refractivity (Wildman–Crippen MR) is 102 cm³/mol. The summed E-state index contributed by atoms with van der Waals surface area (Å²) in [6, 6.07) is 5.64. The number of hydrogen-bond acceptors (Lipinski definition) is 2. The van der Waals surface area contributed by atoms with E-state index < -0.39 is 6.10 Å². The Kier molecular flexibility index (Phi) is 4.22. The number of aliphatic hydroxyl groups is 1. The maximum absolute atomic E-state index is 10.8. The van der Waals surface area contributed by atoms with Gasteiger partial charge >= 0.3 is 0 Å². The number of allylic oxidation sites excluding steroid dienone is 1. The molecule has 2 heteroatoms. The van der Waals surface area contributed by atoms with Gasteiger partial charge in [-0.2, -0.15) is 0 Å². The second-order valence-corrected chi connectivity index (χ2v) is 9.02. The highest BCUT2D eigenvalue weighted by Gasteiger charge is 2.55. The standard InChI is InChI=1S/C23H32O2/c1-4-5-14(2)20-8-9-21-18-13-22(25)19-12-15(24)6-7-16(19)17(18)10-11-23(20,21)3/h6-7,12,17-18,20-22,24-25H,2,4-5,8-11,13H2,1,3H3/t17?,18?,20-,21?,22-,23-/m1/s1. The van der Waals surface area contributed by atoms with Gasteiger partial charge in [0.25, 0.3) is 0 Å². The molecule has 4 rings (SSSR count). The van der Waals surface area contributed by atoms with Crippen molar-refractivity contribution < 1.29 is 10.2 Å². The summed E-state index contributed by atoms with van der Waals surface area (Å²) < 4.78 is 0. The van der Waals surface area contributed by atoms with Crippen LogP contribution < -0.4 is 0 Å². The lowest BCUT2D eigenvalue weighted by molar-refractivity contribution is 0.00425. The molecule has 3 unspecified atom stereocenters. The zero-order valence-corrected chi connectivity index (χ0v) is 15.7. The molecular formula is C23H32O2. The molecule has 136 valence electrons. The number of aliphatic hydroxyl groups excluding tert-OH is 1. The molecule has 1 aromatic carbocycles. The van der Waals surface area contributed by atoms with Crippen molar-refractivity contribution in [3.63, 3.8) is 0 Å². The number of rotatable bonds is 3. The van der Waals surface area contributed by atoms with Crippen molar-refractivity contribution in [2.75, 3.05) is 0 Å². The molecule has 0 aliphatic heterocycles. The molecule has 0 spiro atoms. The zero-order valence-electron chi connectivity index (χ0n) is 15.7. The summed E-state index contributed by atoms with van der Waals surface area (Å²) in [6.07, 6.45) is 7.81. The van der Waals surface area contributed by atoms with Crippen LogP contribution in [0.5, 0.6) is 5.75 Å². The number of aromatic hydroxyl groups is 1. The van der Waals surface area contributed by atoms with Crippen LogP contribution in [-0.4, -0.2) is 10.2 Å². The first-order valence-corrected chi connectivity index (χ1v) is 10.1. The van der Waals surface area contributed by atoms with Gasteiger partial charge < -0.3 is 10.2 Å². The molecule has 2 saturated carbocycles. The van der Waals surface area contributed by atoms with E-state index in [1.165, 1.54) is 43.2 Å². The minimum atomic E-state index is -0.427. The van der Waals surface area contributed by atoms with Crippen LogP contribution >= 0.6 is 0 Å². The Hall–Kier alpha value is -1.28. The Morgan fingerprint density at radius 3 is 2.80 bits per heavy atom. The highest BCUT2D eigenvalue weighted by Crippen LogP contribution is 2.65. The third kappa shape index (κ3) is 2.56. The van der Waals surface area contributed by atoms with E-state index in [-0.39, 0.29) is 5.75 Å². The van der Waals surface area contributed by atoms with Gasteiger partial charge in [-0.25, -0.2) is 0 Å². The number of benzene rings is 1. The van der Waals surface area contributed by atoms with Gasteiger partial charge in [-0.05, 0) is 90.9 Å². The normalized spacial score (nSPS) is 39.4. The van der Waals surface area contributed by atoms with Gasteiger partial charge in [0.05, 0.1) is 6.10 Å². The Morgan fingerprint density at radius 1 is 1.24 bits per heavy atom. The smallest absolute Gasteiger partial charge is 0.115 e. The van der Waals surface area contributed by atoms with E-state index in [2.05, 4.69) is 26.5 Å². The fourth-order valence-corrected chi connectivity index (χ4v) is 6.74. The monoisotopic (exact) mass is 340 g/mol. The van der Waals surface area contributed by atoms with Crippen molar-refractivity contribution in [3.8, 4) is 5.75 Å². The molecule has 2 nitrogen and oxygen atoms in total. The second kappa shape index (κ2) is 6.16. The lowest BCUT2D eigenvalue weighted by atomic mass is 9.53. The maximum Gasteiger partial charge on any atom is 0.115 e. The van der Waals surface area contributed by atoms with Gasteiger partial charge in [0.15, 0.2) is 0 Å². The highest BCUT2D eigenvalue weighted by molar-refractivity contribution is 5.41. The van der Waals surface area contributed by atoms with E-state index in [4.69, 9.17) is 0 Å². The second-order valence-electron chi connectivity index (χ2n) is 9.02. The SMILES string of the molecule is C=C(CCC)[C@H]1CCC2C3C[C@@H](O)c4cc(O)ccc4C3CC[C@@]21C. The molecule has 25 heavy (non-hydrogen) atoms. The Balaban J connectivity index is 1.66. The highest BCUT2D eigenvalue weighted by atomic mass is 16.3. The average molecular weight is 341 g/mol. The van der Waals surface area contributed by atoms with E-state index in [1.54, 1.807) is 12.1 Å². The van der Waals surface area contributed by atoms with Crippen molar-refractivity contribution in [2.45, 2.75) is 70.8 Å². The molecule has 0 heterocycles. The van der Waals surface area contributed by atoms with Crippen molar-refractivity contribution >= 4 is 0 Å². The first kappa shape index (κ1) is 17.1. The molecule has 3 aliphatic rings. The van der Waals surface area contributed by atoms with Crippen LogP contribution in [-0.2, 0) is 0 Å². The third-order valence-electron chi connectivity index (χ3n) is 7.83. The Morgan fingerprint density at radius 2 is 2.04 bits per heavy atom. The molecule has 0 aromatic heterocycles. The van der Waals surface area contributed by atoms with Crippen LogP contribution in [0.3, 0.4) is 0 Å². The van der Waals surface area contributed by atoms with Crippen LogP contribution in [0.1, 0.15) is 81.9 Å². The fraction of sp³-hybridized carbons (Fsp3) is 0.652. The van der Waals surface area contributed by atoms with E-state index in [0.29, 0.717) is 29.1 Å². The Bertz CT molecular complexity index is 679. The molecule has 2 fully saturated rings. The van der Waals surface area contributed by atoms with Crippen LogP contribution in [0, 0.1) is 23.2 Å². The topological polar surface area (TPSA) is 40.5 Å². The fourth-order valence-electron chi connectivity index (χ4n) is 6.74. The zero-order chi connectivity index (χ0) is 17.8. The van der Waals surface area contributed by atoms with Crippen LogP contribution in [0.25, 0.3) is 0 Å². The molecular weight excluding hydrogens is 308 g/mol. The number of phenolic OH excluding ortho intramolecular Hbond substituents is 1. The molecule has 0 saturated heterocycles. The first-order valence-electron chi connectivity index (χ1n) is 10.1. The van der Waals surface area contributed by atoms with Gasteiger partial charge in [0, 0.05) is 0 Å². The van der Waals surface area contributed by atoms with Crippen LogP contribution in [0.15, 0.2) is 30.4 Å². The summed E-state index contributed by atoms with van der Waals surface area (Å²) in [4.78, 5) is 0. The summed E-state index contributed by atoms with van der Waals surface area (Å²) in [5, 5.41) is 20.6. The van der Waals surface area contributed by atoms with Gasteiger partial charge in [-0.15, -0.1) is 0 Å². The van der Waals surface area contributed by atoms with Crippen molar-refractivity contribution in [1.29, 1.82) is 0 Å². The summed E-state index contributed by atoms with van der Waals surface area (Å²) in [5.74, 6) is 2.76. The largest absolute Gasteiger partial charge is 0.508 e. The number of fused-ring (bicyclic) bond motifs is 5. The van der Waals surface area contributed by atoms with Crippen molar-refractivity contribution in [1.82, 2.24) is 0 Å². The van der Waals surface area contributed by atoms with E-state index in [0.717, 1.165) is 18.4 Å². The maximum atomic E-state index is 10.8. The van der Waals surface area contributed by atoms with E-state index in [1.807, 2.05) is 0 Å². The molecule has 0 radical (unpaired) electrons. The molecule has 6 atom stereocenters. The molecule has 1 aromatic rings.